The maximum atomic E-state index is 4.21. The van der Waals surface area contributed by atoms with Crippen molar-refractivity contribution in [3.05, 3.63) is 35.5 Å². The molecule has 3 N–H and O–H groups in total. The van der Waals surface area contributed by atoms with E-state index in [9.17, 15) is 0 Å². The number of rotatable bonds is 4. The number of nitrogens with zero attached hydrogens (tertiary/aromatic N) is 1. The van der Waals surface area contributed by atoms with Gasteiger partial charge in [0.1, 0.15) is 0 Å². The van der Waals surface area contributed by atoms with Crippen LogP contribution in [0.5, 0.6) is 0 Å². The number of aryl methyl sites for hydroxylation is 1. The number of H-pyrrole nitrogens is 1. The van der Waals surface area contributed by atoms with Crippen LogP contribution < -0.4 is 10.6 Å². The minimum Gasteiger partial charge on any atom is -0.361 e. The van der Waals surface area contributed by atoms with Gasteiger partial charge in [0.2, 0.25) is 0 Å². The highest BCUT2D eigenvalue weighted by atomic mass is 127. The van der Waals surface area contributed by atoms with Crippen molar-refractivity contribution in [3.8, 4) is 0 Å². The van der Waals surface area contributed by atoms with E-state index in [-0.39, 0.29) is 24.0 Å². The number of fused-ring (bicyclic) bond motifs is 1. The largest absolute Gasteiger partial charge is 0.361 e. The predicted molar refractivity (Wildman–Crippen MR) is 102 cm³/mol. The van der Waals surface area contributed by atoms with Gasteiger partial charge in [0.15, 0.2) is 5.96 Å². The lowest BCUT2D eigenvalue weighted by atomic mass is 10.1. The van der Waals surface area contributed by atoms with Gasteiger partial charge < -0.3 is 15.6 Å². The van der Waals surface area contributed by atoms with E-state index in [2.05, 4.69) is 65.8 Å². The first kappa shape index (κ1) is 17.8. The highest BCUT2D eigenvalue weighted by molar-refractivity contribution is 14.0. The normalized spacial score (nSPS) is 11.6. The summed E-state index contributed by atoms with van der Waals surface area (Å²) in [5.41, 5.74) is 3.84. The van der Waals surface area contributed by atoms with Crippen LogP contribution in [-0.2, 0) is 6.42 Å². The van der Waals surface area contributed by atoms with Crippen molar-refractivity contribution >= 4 is 40.8 Å². The summed E-state index contributed by atoms with van der Waals surface area (Å²) in [6, 6.07) is 6.92. The second-order valence-electron chi connectivity index (χ2n) is 5.41. The summed E-state index contributed by atoms with van der Waals surface area (Å²) in [6.07, 6.45) is 3.08. The standard InChI is InChI=1S/C16H24N4.HI/c1-11(2)20-16(17-4)18-8-7-13-10-19-15-9-12(3)5-6-14(13)15;/h5-6,9-11,19H,7-8H2,1-4H3,(H2,17,18,20);1H. The van der Waals surface area contributed by atoms with Gasteiger partial charge in [-0.3, -0.25) is 4.99 Å². The molecule has 1 aromatic heterocycles. The molecule has 0 unspecified atom stereocenters. The average Bonchev–Trinajstić information content (AvgIpc) is 2.79. The van der Waals surface area contributed by atoms with E-state index in [0.717, 1.165) is 18.9 Å². The number of benzene rings is 1. The van der Waals surface area contributed by atoms with Crippen LogP contribution in [0.1, 0.15) is 25.0 Å². The number of hydrogen-bond acceptors (Lipinski definition) is 1. The molecule has 0 atom stereocenters. The Balaban J connectivity index is 0.00000220. The van der Waals surface area contributed by atoms with E-state index in [0.29, 0.717) is 6.04 Å². The average molecular weight is 400 g/mol. The maximum Gasteiger partial charge on any atom is 0.191 e. The van der Waals surface area contributed by atoms with Gasteiger partial charge in [-0.05, 0) is 44.4 Å². The number of hydrogen-bond donors (Lipinski definition) is 3. The summed E-state index contributed by atoms with van der Waals surface area (Å²) in [4.78, 5) is 7.55. The van der Waals surface area contributed by atoms with Crippen molar-refractivity contribution in [2.75, 3.05) is 13.6 Å². The Morgan fingerprint density at radius 1 is 1.33 bits per heavy atom. The molecule has 0 spiro atoms. The predicted octanol–water partition coefficient (Wildman–Crippen LogP) is 3.21. The molecular weight excluding hydrogens is 375 g/mol. The molecule has 116 valence electrons. The summed E-state index contributed by atoms with van der Waals surface area (Å²) < 4.78 is 0. The summed E-state index contributed by atoms with van der Waals surface area (Å²) in [5, 5.41) is 7.93. The Morgan fingerprint density at radius 3 is 2.76 bits per heavy atom. The van der Waals surface area contributed by atoms with Crippen LogP contribution >= 0.6 is 24.0 Å². The summed E-state index contributed by atoms with van der Waals surface area (Å²) in [7, 11) is 1.80. The van der Waals surface area contributed by atoms with Crippen molar-refractivity contribution in [3.63, 3.8) is 0 Å². The fourth-order valence-corrected chi connectivity index (χ4v) is 2.29. The Hall–Kier alpha value is -1.24. The molecular formula is C16H25IN4. The molecule has 5 heteroatoms. The molecule has 0 amide bonds. The van der Waals surface area contributed by atoms with Crippen LogP contribution in [-0.4, -0.2) is 30.6 Å². The first-order valence-corrected chi connectivity index (χ1v) is 7.14. The lowest BCUT2D eigenvalue weighted by molar-refractivity contribution is 0.698. The fourth-order valence-electron chi connectivity index (χ4n) is 2.29. The third-order valence-corrected chi connectivity index (χ3v) is 3.26. The molecule has 0 aliphatic carbocycles. The molecule has 2 rings (SSSR count). The zero-order valence-electron chi connectivity index (χ0n) is 13.2. The molecule has 2 aromatic rings. The van der Waals surface area contributed by atoms with E-state index in [1.165, 1.54) is 22.0 Å². The Labute approximate surface area is 143 Å². The Morgan fingerprint density at radius 2 is 2.10 bits per heavy atom. The zero-order valence-corrected chi connectivity index (χ0v) is 15.5. The number of aromatic amines is 1. The molecule has 0 radical (unpaired) electrons. The van der Waals surface area contributed by atoms with E-state index < -0.39 is 0 Å². The molecule has 1 heterocycles. The quantitative estimate of drug-likeness (QED) is 0.420. The fraction of sp³-hybridized carbons (Fsp3) is 0.438. The van der Waals surface area contributed by atoms with E-state index in [1.54, 1.807) is 7.05 Å². The molecule has 0 bridgehead atoms. The second-order valence-corrected chi connectivity index (χ2v) is 5.41. The lowest BCUT2D eigenvalue weighted by Gasteiger charge is -2.14. The number of nitrogens with one attached hydrogen (secondary N) is 3. The van der Waals surface area contributed by atoms with Crippen LogP contribution in [0, 0.1) is 6.92 Å². The van der Waals surface area contributed by atoms with Gasteiger partial charge >= 0.3 is 0 Å². The summed E-state index contributed by atoms with van der Waals surface area (Å²) >= 11 is 0. The third kappa shape index (κ3) is 4.91. The Kier molecular flexibility index (Phi) is 7.01. The topological polar surface area (TPSA) is 52.2 Å². The second kappa shape index (κ2) is 8.26. The van der Waals surface area contributed by atoms with E-state index in [1.807, 2.05) is 0 Å². The van der Waals surface area contributed by atoms with Crippen LogP contribution in [0.15, 0.2) is 29.4 Å². The van der Waals surface area contributed by atoms with Gasteiger partial charge in [0.25, 0.3) is 0 Å². The van der Waals surface area contributed by atoms with Gasteiger partial charge in [-0.2, -0.15) is 0 Å². The van der Waals surface area contributed by atoms with Gasteiger partial charge in [-0.25, -0.2) is 0 Å². The van der Waals surface area contributed by atoms with Gasteiger partial charge in [-0.15, -0.1) is 24.0 Å². The number of aliphatic imine (C=N–C) groups is 1. The highest BCUT2D eigenvalue weighted by Crippen LogP contribution is 2.19. The van der Waals surface area contributed by atoms with Crippen molar-refractivity contribution < 1.29 is 0 Å². The molecule has 4 nitrogen and oxygen atoms in total. The van der Waals surface area contributed by atoms with E-state index in [4.69, 9.17) is 0 Å². The van der Waals surface area contributed by atoms with Crippen molar-refractivity contribution in [2.24, 2.45) is 4.99 Å². The van der Waals surface area contributed by atoms with Crippen molar-refractivity contribution in [2.45, 2.75) is 33.2 Å². The minimum atomic E-state index is 0. The third-order valence-electron chi connectivity index (χ3n) is 3.26. The number of aromatic nitrogens is 1. The first-order valence-electron chi connectivity index (χ1n) is 7.14. The summed E-state index contributed by atoms with van der Waals surface area (Å²) in [5.74, 6) is 0.857. The van der Waals surface area contributed by atoms with Gasteiger partial charge in [0, 0.05) is 36.7 Å². The van der Waals surface area contributed by atoms with Crippen molar-refractivity contribution in [1.82, 2.24) is 15.6 Å². The minimum absolute atomic E-state index is 0. The first-order chi connectivity index (χ1) is 9.60. The van der Waals surface area contributed by atoms with Crippen LogP contribution in [0.4, 0.5) is 0 Å². The number of halogens is 1. The lowest BCUT2D eigenvalue weighted by Crippen LogP contribution is -2.41. The molecule has 0 aliphatic rings. The smallest absolute Gasteiger partial charge is 0.191 e. The van der Waals surface area contributed by atoms with Crippen LogP contribution in [0.25, 0.3) is 10.9 Å². The SMILES string of the molecule is CN=C(NCCc1c[nH]c2cc(C)ccc12)NC(C)C.I. The van der Waals surface area contributed by atoms with Gasteiger partial charge in [0.05, 0.1) is 0 Å². The molecule has 21 heavy (non-hydrogen) atoms. The summed E-state index contributed by atoms with van der Waals surface area (Å²) in [6.45, 7) is 7.19. The Bertz CT molecular complexity index is 601. The monoisotopic (exact) mass is 400 g/mol. The molecule has 1 aromatic carbocycles. The molecule has 0 saturated carbocycles. The molecule has 0 saturated heterocycles. The zero-order chi connectivity index (χ0) is 14.5. The maximum absolute atomic E-state index is 4.21. The van der Waals surface area contributed by atoms with E-state index >= 15 is 0 Å². The van der Waals surface area contributed by atoms with Gasteiger partial charge in [-0.1, -0.05) is 12.1 Å². The molecule has 0 fully saturated rings. The van der Waals surface area contributed by atoms with Crippen LogP contribution in [0.3, 0.4) is 0 Å². The molecule has 0 aliphatic heterocycles. The van der Waals surface area contributed by atoms with Crippen LogP contribution in [0.2, 0.25) is 0 Å². The highest BCUT2D eigenvalue weighted by Gasteiger charge is 2.04. The van der Waals surface area contributed by atoms with Crippen molar-refractivity contribution in [1.29, 1.82) is 0 Å². The number of guanidine groups is 1.